The zero-order chi connectivity index (χ0) is 23.4. The lowest BCUT2D eigenvalue weighted by Crippen LogP contribution is -2.38. The van der Waals surface area contributed by atoms with E-state index in [1.165, 1.54) is 6.20 Å². The number of esters is 2. The molecule has 9 nitrogen and oxygen atoms in total. The molecular formula is C23H19ClN2O7. The first-order valence-corrected chi connectivity index (χ1v) is 10.5. The molecule has 1 aliphatic rings. The topological polar surface area (TPSA) is 117 Å². The van der Waals surface area contributed by atoms with Gasteiger partial charge in [0, 0.05) is 12.3 Å². The molecule has 0 bridgehead atoms. The van der Waals surface area contributed by atoms with Crippen molar-refractivity contribution < 1.29 is 23.8 Å². The van der Waals surface area contributed by atoms with Crippen molar-refractivity contribution in [1.29, 1.82) is 0 Å². The van der Waals surface area contributed by atoms with Gasteiger partial charge in [-0.15, -0.1) is 11.6 Å². The van der Waals surface area contributed by atoms with Crippen LogP contribution in [0.15, 0.2) is 82.5 Å². The lowest BCUT2D eigenvalue weighted by molar-refractivity contribution is -0.0582. The first kappa shape index (κ1) is 22.5. The van der Waals surface area contributed by atoms with Gasteiger partial charge in [-0.3, -0.25) is 14.3 Å². The third kappa shape index (κ3) is 5.05. The van der Waals surface area contributed by atoms with E-state index in [1.807, 2.05) is 0 Å². The zero-order valence-corrected chi connectivity index (χ0v) is 17.9. The lowest BCUT2D eigenvalue weighted by Gasteiger charge is -2.20. The van der Waals surface area contributed by atoms with E-state index in [-0.39, 0.29) is 6.61 Å². The molecule has 170 valence electrons. The predicted molar refractivity (Wildman–Crippen MR) is 117 cm³/mol. The number of aromatic amines is 1. The molecule has 0 saturated carbocycles. The number of rotatable bonds is 6. The van der Waals surface area contributed by atoms with Gasteiger partial charge in [-0.05, 0) is 24.3 Å². The van der Waals surface area contributed by atoms with Crippen LogP contribution in [0, 0.1) is 0 Å². The minimum absolute atomic E-state index is 0.279. The molecule has 1 N–H and O–H groups in total. The van der Waals surface area contributed by atoms with Crippen LogP contribution in [0.1, 0.15) is 26.9 Å². The summed E-state index contributed by atoms with van der Waals surface area (Å²) in [5, 5.41) is -1.01. The van der Waals surface area contributed by atoms with E-state index in [0.29, 0.717) is 11.1 Å². The highest BCUT2D eigenvalue weighted by atomic mass is 35.5. The van der Waals surface area contributed by atoms with Crippen molar-refractivity contribution in [3.05, 3.63) is 105 Å². The van der Waals surface area contributed by atoms with Gasteiger partial charge in [-0.25, -0.2) is 14.4 Å². The Morgan fingerprint density at radius 2 is 1.55 bits per heavy atom. The number of nitrogens with one attached hydrogen (secondary N) is 1. The highest BCUT2D eigenvalue weighted by Crippen LogP contribution is 2.35. The number of carbonyl (C=O) groups is 2. The number of aromatic nitrogens is 2. The minimum Gasteiger partial charge on any atom is -0.459 e. The monoisotopic (exact) mass is 470 g/mol. The average molecular weight is 471 g/mol. The van der Waals surface area contributed by atoms with Crippen LogP contribution in [-0.2, 0) is 14.2 Å². The minimum atomic E-state index is -1.08. The Bertz CT molecular complexity index is 1240. The third-order valence-corrected chi connectivity index (χ3v) is 5.50. The van der Waals surface area contributed by atoms with Crippen molar-refractivity contribution in [3.63, 3.8) is 0 Å². The number of H-pyrrole nitrogens is 1. The standard InChI is InChI=1S/C23H19ClN2O7/c24-18-19(33-22(29)15-9-5-2-6-10-15)16(13-31-21(28)14-7-3-1-4-8-14)32-20(18)26-12-11-17(27)25-23(26)30/h1-12,16,18-20H,13H2,(H,25,27,30)/t16-,18+,19?,20-/m0/s1. The van der Waals surface area contributed by atoms with E-state index in [4.69, 9.17) is 25.8 Å². The highest BCUT2D eigenvalue weighted by molar-refractivity contribution is 6.21. The summed E-state index contributed by atoms with van der Waals surface area (Å²) in [5.74, 6) is -1.24. The number of alkyl halides is 1. The van der Waals surface area contributed by atoms with E-state index >= 15 is 0 Å². The highest BCUT2D eigenvalue weighted by Gasteiger charge is 2.48. The van der Waals surface area contributed by atoms with E-state index in [2.05, 4.69) is 4.98 Å². The normalized spacial score (nSPS) is 22.0. The van der Waals surface area contributed by atoms with Gasteiger partial charge < -0.3 is 14.2 Å². The number of carbonyl (C=O) groups excluding carboxylic acids is 2. The van der Waals surface area contributed by atoms with Gasteiger partial charge in [0.1, 0.15) is 18.1 Å². The van der Waals surface area contributed by atoms with E-state index in [0.717, 1.165) is 10.6 Å². The average Bonchev–Trinajstić information content (AvgIpc) is 3.13. The Morgan fingerprint density at radius 1 is 0.939 bits per heavy atom. The van der Waals surface area contributed by atoms with Crippen LogP contribution in [0.3, 0.4) is 0 Å². The fourth-order valence-electron chi connectivity index (χ4n) is 3.40. The van der Waals surface area contributed by atoms with Gasteiger partial charge >= 0.3 is 17.6 Å². The van der Waals surface area contributed by atoms with Gasteiger partial charge in [0.2, 0.25) is 0 Å². The number of benzene rings is 2. The van der Waals surface area contributed by atoms with Gasteiger partial charge in [0.15, 0.2) is 12.3 Å². The molecule has 2 heterocycles. The van der Waals surface area contributed by atoms with Crippen molar-refractivity contribution in [2.45, 2.75) is 23.8 Å². The summed E-state index contributed by atoms with van der Waals surface area (Å²) in [4.78, 5) is 50.8. The number of hydrogen-bond acceptors (Lipinski definition) is 7. The number of nitrogens with zero attached hydrogens (tertiary/aromatic N) is 1. The summed E-state index contributed by atoms with van der Waals surface area (Å²) in [7, 11) is 0. The second kappa shape index (κ2) is 9.85. The summed E-state index contributed by atoms with van der Waals surface area (Å²) in [6.45, 7) is -0.279. The van der Waals surface area contributed by atoms with E-state index in [9.17, 15) is 19.2 Å². The Balaban J connectivity index is 1.56. The quantitative estimate of drug-likeness (QED) is 0.433. The second-order valence-electron chi connectivity index (χ2n) is 7.23. The second-order valence-corrected chi connectivity index (χ2v) is 7.73. The van der Waals surface area contributed by atoms with Crippen molar-refractivity contribution in [1.82, 2.24) is 9.55 Å². The summed E-state index contributed by atoms with van der Waals surface area (Å²) in [6, 6.07) is 17.8. The molecule has 2 aromatic carbocycles. The Hall–Kier alpha value is -3.69. The molecule has 4 atom stereocenters. The van der Waals surface area contributed by atoms with Crippen molar-refractivity contribution in [2.24, 2.45) is 0 Å². The molecule has 1 saturated heterocycles. The van der Waals surface area contributed by atoms with E-state index < -0.39 is 47.0 Å². The van der Waals surface area contributed by atoms with E-state index in [1.54, 1.807) is 60.7 Å². The summed E-state index contributed by atoms with van der Waals surface area (Å²) >= 11 is 6.55. The molecule has 0 spiro atoms. The summed E-state index contributed by atoms with van der Waals surface area (Å²) in [6.07, 6.45) is -1.86. The van der Waals surface area contributed by atoms with Crippen LogP contribution in [0.4, 0.5) is 0 Å². The lowest BCUT2D eigenvalue weighted by atomic mass is 10.1. The van der Waals surface area contributed by atoms with Crippen LogP contribution in [0.5, 0.6) is 0 Å². The van der Waals surface area contributed by atoms with Crippen molar-refractivity contribution in [2.75, 3.05) is 6.61 Å². The first-order chi connectivity index (χ1) is 15.9. The molecule has 4 rings (SSSR count). The van der Waals surface area contributed by atoms with Crippen LogP contribution in [-0.4, -0.2) is 45.7 Å². The maximum atomic E-state index is 12.6. The van der Waals surface area contributed by atoms with Crippen molar-refractivity contribution in [3.8, 4) is 0 Å². The Labute approximate surface area is 192 Å². The SMILES string of the molecule is O=C(OC[C@@H]1O[C@H](n2ccc(=O)[nH]c2=O)[C@H](Cl)C1OC(=O)c1ccccc1)c1ccccc1. The molecule has 1 aromatic heterocycles. The van der Waals surface area contributed by atoms with Crippen molar-refractivity contribution >= 4 is 23.5 Å². The molecular weight excluding hydrogens is 452 g/mol. The molecule has 1 aliphatic heterocycles. The fraction of sp³-hybridized carbons (Fsp3) is 0.217. The molecule has 1 unspecified atom stereocenters. The van der Waals surface area contributed by atoms with Crippen LogP contribution >= 0.6 is 11.6 Å². The number of ether oxygens (including phenoxy) is 3. The maximum Gasteiger partial charge on any atom is 0.338 e. The molecule has 0 radical (unpaired) electrons. The molecule has 3 aromatic rings. The van der Waals surface area contributed by atoms with Gasteiger partial charge in [-0.2, -0.15) is 0 Å². The Morgan fingerprint density at radius 3 is 2.15 bits per heavy atom. The third-order valence-electron chi connectivity index (χ3n) is 5.03. The first-order valence-electron chi connectivity index (χ1n) is 10.0. The molecule has 1 fully saturated rings. The van der Waals surface area contributed by atoms with Gasteiger partial charge in [0.25, 0.3) is 5.56 Å². The number of hydrogen-bond donors (Lipinski definition) is 1. The van der Waals surface area contributed by atoms with Crippen LogP contribution < -0.4 is 11.2 Å². The molecule has 0 amide bonds. The van der Waals surface area contributed by atoms with Gasteiger partial charge in [-0.1, -0.05) is 36.4 Å². The summed E-state index contributed by atoms with van der Waals surface area (Å²) in [5.41, 5.74) is -0.691. The van der Waals surface area contributed by atoms with Gasteiger partial charge in [0.05, 0.1) is 11.1 Å². The zero-order valence-electron chi connectivity index (χ0n) is 17.1. The molecule has 33 heavy (non-hydrogen) atoms. The van der Waals surface area contributed by atoms with Crippen LogP contribution in [0.25, 0.3) is 0 Å². The summed E-state index contributed by atoms with van der Waals surface area (Å²) < 4.78 is 17.9. The Kier molecular flexibility index (Phi) is 6.71. The largest absolute Gasteiger partial charge is 0.459 e. The predicted octanol–water partition coefficient (Wildman–Crippen LogP) is 2.12. The molecule has 0 aliphatic carbocycles. The fourth-order valence-corrected chi connectivity index (χ4v) is 3.80. The van der Waals surface area contributed by atoms with Crippen LogP contribution in [0.2, 0.25) is 0 Å². The molecule has 10 heteroatoms. The number of halogens is 1. The smallest absolute Gasteiger partial charge is 0.338 e. The maximum absolute atomic E-state index is 12.6.